The minimum Gasteiger partial charge on any atom is -0.396 e. The summed E-state index contributed by atoms with van der Waals surface area (Å²) in [4.78, 5) is 6.67. The molecule has 0 unspecified atom stereocenters. The Hall–Kier alpha value is -0.930. The zero-order valence-corrected chi connectivity index (χ0v) is 9.61. The molecule has 1 heterocycles. The number of aliphatic hydroxyl groups excluding tert-OH is 1. The van der Waals surface area contributed by atoms with Crippen LogP contribution in [0, 0.1) is 6.92 Å². The molecule has 0 bridgehead atoms. The number of nitrogens with zero attached hydrogens (tertiary/aromatic N) is 2. The van der Waals surface area contributed by atoms with Gasteiger partial charge in [-0.2, -0.15) is 0 Å². The van der Waals surface area contributed by atoms with Gasteiger partial charge in [-0.05, 0) is 31.5 Å². The van der Waals surface area contributed by atoms with Crippen molar-refractivity contribution in [1.29, 1.82) is 0 Å². The van der Waals surface area contributed by atoms with Crippen LogP contribution in [0.25, 0.3) is 0 Å². The topological polar surface area (TPSA) is 36.4 Å². The van der Waals surface area contributed by atoms with E-state index in [1.54, 1.807) is 0 Å². The predicted molar refractivity (Wildman–Crippen MR) is 61.6 cm³/mol. The van der Waals surface area contributed by atoms with E-state index in [9.17, 15) is 0 Å². The van der Waals surface area contributed by atoms with Crippen LogP contribution in [0.3, 0.4) is 0 Å². The summed E-state index contributed by atoms with van der Waals surface area (Å²) in [6.07, 6.45) is 2.67. The van der Waals surface area contributed by atoms with E-state index in [1.165, 1.54) is 5.56 Å². The molecule has 0 atom stereocenters. The summed E-state index contributed by atoms with van der Waals surface area (Å²) >= 11 is 0. The average Bonchev–Trinajstić information content (AvgIpc) is 2.26. The molecule has 0 aliphatic carbocycles. The van der Waals surface area contributed by atoms with E-state index in [4.69, 9.17) is 5.11 Å². The summed E-state index contributed by atoms with van der Waals surface area (Å²) in [5, 5.41) is 8.79. The van der Waals surface area contributed by atoms with E-state index < -0.39 is 0 Å². The molecular weight excluding hydrogens is 188 g/mol. The Balaban J connectivity index is 2.54. The molecule has 0 aromatic carbocycles. The molecule has 1 aromatic rings. The fraction of sp³-hybridized carbons (Fsp3) is 0.583. The summed E-state index contributed by atoms with van der Waals surface area (Å²) < 4.78 is 0. The van der Waals surface area contributed by atoms with E-state index in [2.05, 4.69) is 29.8 Å². The molecule has 84 valence electrons. The van der Waals surface area contributed by atoms with Crippen molar-refractivity contribution < 1.29 is 5.11 Å². The standard InChI is InChI=1S/C12H20N2O/c1-3-14(8-5-9-15)10-12-11(2)6-4-7-13-12/h4,6-7,15H,3,5,8-10H2,1-2H3. The first-order valence-electron chi connectivity index (χ1n) is 5.51. The molecule has 0 fully saturated rings. The first kappa shape index (κ1) is 12.1. The van der Waals surface area contributed by atoms with Crippen LogP contribution in [0.15, 0.2) is 18.3 Å². The van der Waals surface area contributed by atoms with Gasteiger partial charge in [0.2, 0.25) is 0 Å². The van der Waals surface area contributed by atoms with Gasteiger partial charge in [0.05, 0.1) is 5.69 Å². The molecule has 0 saturated carbocycles. The molecule has 3 nitrogen and oxygen atoms in total. The lowest BCUT2D eigenvalue weighted by Gasteiger charge is -2.20. The highest BCUT2D eigenvalue weighted by Crippen LogP contribution is 2.07. The number of hydrogen-bond acceptors (Lipinski definition) is 3. The van der Waals surface area contributed by atoms with Crippen molar-refractivity contribution in [3.8, 4) is 0 Å². The SMILES string of the molecule is CCN(CCCO)Cc1ncccc1C. The molecule has 0 aliphatic rings. The third-order valence-corrected chi connectivity index (χ3v) is 2.57. The molecule has 1 rings (SSSR count). The highest BCUT2D eigenvalue weighted by atomic mass is 16.3. The Morgan fingerprint density at radius 1 is 1.47 bits per heavy atom. The van der Waals surface area contributed by atoms with Gasteiger partial charge in [-0.1, -0.05) is 13.0 Å². The van der Waals surface area contributed by atoms with Gasteiger partial charge in [-0.25, -0.2) is 0 Å². The van der Waals surface area contributed by atoms with Crippen LogP contribution in [0.5, 0.6) is 0 Å². The smallest absolute Gasteiger partial charge is 0.0573 e. The Bertz CT molecular complexity index is 289. The van der Waals surface area contributed by atoms with Gasteiger partial charge < -0.3 is 5.11 Å². The van der Waals surface area contributed by atoms with Crippen LogP contribution in [0.2, 0.25) is 0 Å². The fourth-order valence-corrected chi connectivity index (χ4v) is 1.54. The van der Waals surface area contributed by atoms with Crippen molar-refractivity contribution in [2.24, 2.45) is 0 Å². The van der Waals surface area contributed by atoms with Crippen LogP contribution in [-0.4, -0.2) is 34.7 Å². The molecular formula is C12H20N2O. The minimum absolute atomic E-state index is 0.262. The zero-order valence-electron chi connectivity index (χ0n) is 9.61. The molecule has 1 aromatic heterocycles. The molecule has 15 heavy (non-hydrogen) atoms. The lowest BCUT2D eigenvalue weighted by Crippen LogP contribution is -2.25. The Kier molecular flexibility index (Phi) is 5.29. The lowest BCUT2D eigenvalue weighted by molar-refractivity contribution is 0.223. The van der Waals surface area contributed by atoms with E-state index in [0.29, 0.717) is 0 Å². The van der Waals surface area contributed by atoms with Crippen molar-refractivity contribution in [2.75, 3.05) is 19.7 Å². The van der Waals surface area contributed by atoms with Crippen molar-refractivity contribution in [3.63, 3.8) is 0 Å². The van der Waals surface area contributed by atoms with Crippen LogP contribution >= 0.6 is 0 Å². The zero-order chi connectivity index (χ0) is 11.1. The van der Waals surface area contributed by atoms with E-state index in [-0.39, 0.29) is 6.61 Å². The number of pyridine rings is 1. The van der Waals surface area contributed by atoms with Gasteiger partial charge in [0.25, 0.3) is 0 Å². The second-order valence-electron chi connectivity index (χ2n) is 3.71. The van der Waals surface area contributed by atoms with Crippen molar-refractivity contribution in [1.82, 2.24) is 9.88 Å². The summed E-state index contributed by atoms with van der Waals surface area (Å²) in [6.45, 7) is 7.29. The molecule has 0 amide bonds. The molecule has 0 radical (unpaired) electrons. The summed E-state index contributed by atoms with van der Waals surface area (Å²) in [5.41, 5.74) is 2.37. The highest BCUT2D eigenvalue weighted by molar-refractivity contribution is 5.17. The second kappa shape index (κ2) is 6.53. The van der Waals surface area contributed by atoms with Gasteiger partial charge in [-0.3, -0.25) is 9.88 Å². The maximum absolute atomic E-state index is 8.79. The first-order valence-corrected chi connectivity index (χ1v) is 5.51. The fourth-order valence-electron chi connectivity index (χ4n) is 1.54. The summed E-state index contributed by atoms with van der Waals surface area (Å²) in [6, 6.07) is 4.05. The highest BCUT2D eigenvalue weighted by Gasteiger charge is 2.05. The molecule has 3 heteroatoms. The minimum atomic E-state index is 0.262. The number of hydrogen-bond donors (Lipinski definition) is 1. The normalized spacial score (nSPS) is 10.9. The number of aromatic nitrogens is 1. The van der Waals surface area contributed by atoms with E-state index in [1.807, 2.05) is 12.3 Å². The largest absolute Gasteiger partial charge is 0.396 e. The molecule has 1 N–H and O–H groups in total. The summed E-state index contributed by atoms with van der Waals surface area (Å²) in [5.74, 6) is 0. The van der Waals surface area contributed by atoms with Crippen LogP contribution in [0.4, 0.5) is 0 Å². The maximum atomic E-state index is 8.79. The monoisotopic (exact) mass is 208 g/mol. The third kappa shape index (κ3) is 3.98. The Morgan fingerprint density at radius 3 is 2.87 bits per heavy atom. The molecule has 0 aliphatic heterocycles. The van der Waals surface area contributed by atoms with Crippen LogP contribution in [-0.2, 0) is 6.54 Å². The van der Waals surface area contributed by atoms with Crippen molar-refractivity contribution in [3.05, 3.63) is 29.6 Å². The second-order valence-corrected chi connectivity index (χ2v) is 3.71. The number of rotatable bonds is 6. The lowest BCUT2D eigenvalue weighted by atomic mass is 10.2. The summed E-state index contributed by atoms with van der Waals surface area (Å²) in [7, 11) is 0. The van der Waals surface area contributed by atoms with Crippen LogP contribution < -0.4 is 0 Å². The molecule has 0 spiro atoms. The first-order chi connectivity index (χ1) is 7.27. The van der Waals surface area contributed by atoms with Crippen LogP contribution in [0.1, 0.15) is 24.6 Å². The van der Waals surface area contributed by atoms with Gasteiger partial charge >= 0.3 is 0 Å². The number of aliphatic hydroxyl groups is 1. The van der Waals surface area contributed by atoms with Crippen molar-refractivity contribution in [2.45, 2.75) is 26.8 Å². The van der Waals surface area contributed by atoms with E-state index in [0.717, 1.165) is 31.7 Å². The third-order valence-electron chi connectivity index (χ3n) is 2.57. The van der Waals surface area contributed by atoms with Gasteiger partial charge in [0, 0.05) is 25.9 Å². The van der Waals surface area contributed by atoms with Gasteiger partial charge in [-0.15, -0.1) is 0 Å². The Labute approximate surface area is 91.8 Å². The Morgan fingerprint density at radius 2 is 2.27 bits per heavy atom. The average molecular weight is 208 g/mol. The van der Waals surface area contributed by atoms with Gasteiger partial charge in [0.15, 0.2) is 0 Å². The van der Waals surface area contributed by atoms with Gasteiger partial charge in [0.1, 0.15) is 0 Å². The van der Waals surface area contributed by atoms with E-state index >= 15 is 0 Å². The molecule has 0 saturated heterocycles. The van der Waals surface area contributed by atoms with Crippen molar-refractivity contribution >= 4 is 0 Å². The number of aryl methyl sites for hydroxylation is 1. The maximum Gasteiger partial charge on any atom is 0.0573 e. The quantitative estimate of drug-likeness (QED) is 0.771. The predicted octanol–water partition coefficient (Wildman–Crippen LogP) is 1.59.